The van der Waals surface area contributed by atoms with Crippen molar-refractivity contribution >= 4 is 16.8 Å². The van der Waals surface area contributed by atoms with E-state index in [1.807, 2.05) is 12.1 Å². The number of hydrogen-bond acceptors (Lipinski definition) is 3. The number of alkyl halides is 3. The predicted octanol–water partition coefficient (Wildman–Crippen LogP) is 3.34. The highest BCUT2D eigenvalue weighted by atomic mass is 19.4. The number of primary amides is 1. The van der Waals surface area contributed by atoms with Crippen molar-refractivity contribution in [3.63, 3.8) is 0 Å². The number of rotatable bonds is 3. The lowest BCUT2D eigenvalue weighted by Crippen LogP contribution is -2.16. The maximum atomic E-state index is 12.6. The van der Waals surface area contributed by atoms with Gasteiger partial charge in [-0.1, -0.05) is 24.3 Å². The van der Waals surface area contributed by atoms with E-state index in [2.05, 4.69) is 9.97 Å². The Balaban J connectivity index is 1.99. The minimum absolute atomic E-state index is 0.105. The molecule has 1 aromatic carbocycles. The molecule has 2 N–H and O–H groups in total. The van der Waals surface area contributed by atoms with Gasteiger partial charge in [0, 0.05) is 18.0 Å². The van der Waals surface area contributed by atoms with E-state index in [9.17, 15) is 18.0 Å². The number of nitrogens with two attached hydrogens (primary N) is 1. The van der Waals surface area contributed by atoms with Crippen LogP contribution in [0.1, 0.15) is 27.3 Å². The van der Waals surface area contributed by atoms with Gasteiger partial charge in [0.05, 0.1) is 5.52 Å². The summed E-state index contributed by atoms with van der Waals surface area (Å²) in [6, 6.07) is 11.2. The Labute approximate surface area is 135 Å². The molecule has 3 rings (SSSR count). The Hall–Kier alpha value is -2.96. The van der Waals surface area contributed by atoms with Crippen molar-refractivity contribution in [2.75, 3.05) is 0 Å². The summed E-state index contributed by atoms with van der Waals surface area (Å²) in [4.78, 5) is 19.3. The molecule has 0 atom stereocenters. The van der Waals surface area contributed by atoms with Gasteiger partial charge in [0.2, 0.25) is 0 Å². The molecule has 3 aromatic rings. The number of hydrogen-bond donors (Lipinski definition) is 1. The predicted molar refractivity (Wildman–Crippen MR) is 82.3 cm³/mol. The van der Waals surface area contributed by atoms with Crippen molar-refractivity contribution in [1.82, 2.24) is 9.97 Å². The molecular formula is C17H12F3N3O. The Kier molecular flexibility index (Phi) is 3.92. The summed E-state index contributed by atoms with van der Waals surface area (Å²) in [6.07, 6.45) is -3.13. The molecule has 0 unspecified atom stereocenters. The zero-order chi connectivity index (χ0) is 17.3. The number of para-hydroxylation sites is 1. The number of aromatic nitrogens is 2. The number of carbonyl (C=O) groups is 1. The Morgan fingerprint density at radius 3 is 2.50 bits per heavy atom. The van der Waals surface area contributed by atoms with E-state index in [0.717, 1.165) is 17.6 Å². The largest absolute Gasteiger partial charge is 0.433 e. The summed E-state index contributed by atoms with van der Waals surface area (Å²) < 4.78 is 37.7. The molecule has 0 saturated heterocycles. The van der Waals surface area contributed by atoms with E-state index >= 15 is 0 Å². The summed E-state index contributed by atoms with van der Waals surface area (Å²) in [6.45, 7) is 0. The average molecular weight is 331 g/mol. The average Bonchev–Trinajstić information content (AvgIpc) is 2.53. The third-order valence-corrected chi connectivity index (χ3v) is 3.55. The van der Waals surface area contributed by atoms with Gasteiger partial charge in [-0.2, -0.15) is 13.2 Å². The smallest absolute Gasteiger partial charge is 0.364 e. The van der Waals surface area contributed by atoms with E-state index in [1.54, 1.807) is 18.2 Å². The minimum atomic E-state index is -4.48. The van der Waals surface area contributed by atoms with Gasteiger partial charge in [-0.15, -0.1) is 0 Å². The quantitative estimate of drug-likeness (QED) is 0.800. The van der Waals surface area contributed by atoms with Crippen LogP contribution in [-0.4, -0.2) is 15.9 Å². The molecule has 0 aliphatic rings. The second kappa shape index (κ2) is 5.92. The number of nitrogens with zero attached hydrogens (tertiary/aromatic N) is 2. The Bertz CT molecular complexity index is 905. The molecular weight excluding hydrogens is 319 g/mol. The van der Waals surface area contributed by atoms with Gasteiger partial charge in [-0.3, -0.25) is 9.78 Å². The first kappa shape index (κ1) is 15.9. The molecule has 7 heteroatoms. The van der Waals surface area contributed by atoms with Crippen LogP contribution in [0.5, 0.6) is 0 Å². The third-order valence-electron chi connectivity index (χ3n) is 3.55. The lowest BCUT2D eigenvalue weighted by Gasteiger charge is -2.10. The standard InChI is InChI=1S/C17H12F3N3O/c18-17(19,20)14-6-5-10(9-22-14)7-12-8-11-3-1-2-4-13(11)23-15(12)16(21)24/h1-6,8-9H,7H2,(H2,21,24). The van der Waals surface area contributed by atoms with E-state index < -0.39 is 17.8 Å². The van der Waals surface area contributed by atoms with Crippen LogP contribution in [0.2, 0.25) is 0 Å². The van der Waals surface area contributed by atoms with Crippen LogP contribution in [0, 0.1) is 0 Å². The molecule has 2 heterocycles. The zero-order valence-corrected chi connectivity index (χ0v) is 12.3. The fraction of sp³-hybridized carbons (Fsp3) is 0.118. The molecule has 0 fully saturated rings. The fourth-order valence-corrected chi connectivity index (χ4v) is 2.42. The summed E-state index contributed by atoms with van der Waals surface area (Å²) in [5.74, 6) is -0.685. The summed E-state index contributed by atoms with van der Waals surface area (Å²) in [7, 11) is 0. The van der Waals surface area contributed by atoms with Crippen molar-refractivity contribution in [3.8, 4) is 0 Å². The highest BCUT2D eigenvalue weighted by Gasteiger charge is 2.32. The molecule has 0 aliphatic heterocycles. The van der Waals surface area contributed by atoms with Gasteiger partial charge in [0.25, 0.3) is 5.91 Å². The van der Waals surface area contributed by atoms with Crippen LogP contribution in [0.25, 0.3) is 10.9 Å². The summed E-state index contributed by atoms with van der Waals surface area (Å²) >= 11 is 0. The van der Waals surface area contributed by atoms with Crippen LogP contribution in [0.4, 0.5) is 13.2 Å². The third kappa shape index (κ3) is 3.19. The number of halogens is 3. The van der Waals surface area contributed by atoms with Crippen LogP contribution in [-0.2, 0) is 12.6 Å². The molecule has 0 radical (unpaired) electrons. The summed E-state index contributed by atoms with van der Waals surface area (Å²) in [5.41, 5.74) is 6.22. The number of fused-ring (bicyclic) bond motifs is 1. The van der Waals surface area contributed by atoms with Crippen molar-refractivity contribution in [2.45, 2.75) is 12.6 Å². The van der Waals surface area contributed by atoms with Gasteiger partial charge in [0.15, 0.2) is 0 Å². The second-order valence-corrected chi connectivity index (χ2v) is 5.28. The fourth-order valence-electron chi connectivity index (χ4n) is 2.42. The zero-order valence-electron chi connectivity index (χ0n) is 12.3. The first-order chi connectivity index (χ1) is 11.3. The van der Waals surface area contributed by atoms with Crippen LogP contribution in [0.15, 0.2) is 48.7 Å². The maximum absolute atomic E-state index is 12.6. The van der Waals surface area contributed by atoms with Crippen LogP contribution in [0.3, 0.4) is 0 Å². The molecule has 1 amide bonds. The van der Waals surface area contributed by atoms with Crippen molar-refractivity contribution in [3.05, 3.63) is 71.2 Å². The van der Waals surface area contributed by atoms with E-state index in [1.165, 1.54) is 6.07 Å². The molecule has 122 valence electrons. The molecule has 4 nitrogen and oxygen atoms in total. The Morgan fingerprint density at radius 2 is 1.88 bits per heavy atom. The van der Waals surface area contributed by atoms with Crippen molar-refractivity contribution in [2.24, 2.45) is 5.73 Å². The van der Waals surface area contributed by atoms with Crippen LogP contribution < -0.4 is 5.73 Å². The molecule has 0 bridgehead atoms. The SMILES string of the molecule is NC(=O)c1nc2ccccc2cc1Cc1ccc(C(F)(F)F)nc1. The first-order valence-electron chi connectivity index (χ1n) is 7.05. The lowest BCUT2D eigenvalue weighted by molar-refractivity contribution is -0.141. The van der Waals surface area contributed by atoms with Gasteiger partial charge < -0.3 is 5.73 Å². The van der Waals surface area contributed by atoms with Crippen LogP contribution >= 0.6 is 0 Å². The Morgan fingerprint density at radius 1 is 1.12 bits per heavy atom. The lowest BCUT2D eigenvalue weighted by atomic mass is 10.0. The van der Waals surface area contributed by atoms with Gasteiger partial charge in [-0.25, -0.2) is 4.98 Å². The molecule has 0 saturated carbocycles. The monoisotopic (exact) mass is 331 g/mol. The van der Waals surface area contributed by atoms with Gasteiger partial charge in [-0.05, 0) is 29.3 Å². The van der Waals surface area contributed by atoms with Gasteiger partial charge in [0.1, 0.15) is 11.4 Å². The molecule has 0 spiro atoms. The summed E-state index contributed by atoms with van der Waals surface area (Å²) in [5, 5.41) is 0.817. The highest BCUT2D eigenvalue weighted by molar-refractivity contribution is 5.95. The molecule has 0 aliphatic carbocycles. The van der Waals surface area contributed by atoms with E-state index in [-0.39, 0.29) is 12.1 Å². The number of pyridine rings is 2. The maximum Gasteiger partial charge on any atom is 0.433 e. The second-order valence-electron chi connectivity index (χ2n) is 5.28. The molecule has 2 aromatic heterocycles. The molecule has 24 heavy (non-hydrogen) atoms. The first-order valence-corrected chi connectivity index (χ1v) is 7.05. The van der Waals surface area contributed by atoms with Crippen molar-refractivity contribution in [1.29, 1.82) is 0 Å². The highest BCUT2D eigenvalue weighted by Crippen LogP contribution is 2.27. The van der Waals surface area contributed by atoms with Gasteiger partial charge >= 0.3 is 6.18 Å². The topological polar surface area (TPSA) is 68.9 Å². The van der Waals surface area contributed by atoms with E-state index in [0.29, 0.717) is 16.6 Å². The number of benzene rings is 1. The minimum Gasteiger partial charge on any atom is -0.364 e. The number of carbonyl (C=O) groups excluding carboxylic acids is 1. The number of amides is 1. The van der Waals surface area contributed by atoms with E-state index in [4.69, 9.17) is 5.73 Å². The normalized spacial score (nSPS) is 11.6. The van der Waals surface area contributed by atoms with Crippen molar-refractivity contribution < 1.29 is 18.0 Å².